The highest BCUT2D eigenvalue weighted by molar-refractivity contribution is 7.80. The van der Waals surface area contributed by atoms with E-state index in [9.17, 15) is 5.11 Å². The van der Waals surface area contributed by atoms with Crippen LogP contribution in [0.2, 0.25) is 5.02 Å². The molecule has 2 aromatic rings. The van der Waals surface area contributed by atoms with Crippen molar-refractivity contribution in [3.8, 4) is 5.75 Å². The Hall–Kier alpha value is -1.78. The van der Waals surface area contributed by atoms with Crippen molar-refractivity contribution in [1.82, 2.24) is 5.32 Å². The Bertz CT molecular complexity index is 604. The number of phenolic OH excluding ortho intramolecular Hbond substituents is 1. The highest BCUT2D eigenvalue weighted by Gasteiger charge is 2.11. The Kier molecular flexibility index (Phi) is 4.82. The molecule has 0 aliphatic heterocycles. The van der Waals surface area contributed by atoms with Gasteiger partial charge in [0.25, 0.3) is 0 Å². The largest absolute Gasteiger partial charge is 0.506 e. The van der Waals surface area contributed by atoms with Crippen molar-refractivity contribution >= 4 is 34.6 Å². The Morgan fingerprint density at radius 1 is 1.25 bits per heavy atom. The van der Waals surface area contributed by atoms with E-state index in [0.29, 0.717) is 22.4 Å². The summed E-state index contributed by atoms with van der Waals surface area (Å²) in [6.07, 6.45) is 0. The summed E-state index contributed by atoms with van der Waals surface area (Å²) in [5.74, 6) is 0.140. The zero-order chi connectivity index (χ0) is 14.5. The van der Waals surface area contributed by atoms with E-state index < -0.39 is 0 Å². The van der Waals surface area contributed by atoms with E-state index >= 15 is 0 Å². The van der Waals surface area contributed by atoms with Gasteiger partial charge >= 0.3 is 0 Å². The van der Waals surface area contributed by atoms with Crippen LogP contribution in [0.3, 0.4) is 0 Å². The molecule has 0 aromatic heterocycles. The van der Waals surface area contributed by atoms with Gasteiger partial charge in [0.05, 0.1) is 5.69 Å². The van der Waals surface area contributed by atoms with Gasteiger partial charge in [-0.1, -0.05) is 41.9 Å². The first-order valence-corrected chi connectivity index (χ1v) is 6.90. The molecular weight excluding hydrogens is 292 g/mol. The number of nitrogens with one attached hydrogen (secondary N) is 1. The van der Waals surface area contributed by atoms with Crippen LogP contribution in [0.4, 0.5) is 5.69 Å². The van der Waals surface area contributed by atoms with Gasteiger partial charge in [-0.2, -0.15) is 0 Å². The zero-order valence-electron chi connectivity index (χ0n) is 11.0. The maximum absolute atomic E-state index is 9.85. The first kappa shape index (κ1) is 14.6. The SMILES string of the molecule is CN(C(=S)NCc1ccccc1)c1cc(Cl)ccc1O. The first-order chi connectivity index (χ1) is 9.58. The molecular formula is C15H15ClN2OS. The quantitative estimate of drug-likeness (QED) is 0.850. The van der Waals surface area contributed by atoms with E-state index in [1.54, 1.807) is 30.1 Å². The number of rotatable bonds is 3. The summed E-state index contributed by atoms with van der Waals surface area (Å²) in [7, 11) is 1.78. The van der Waals surface area contributed by atoms with Crippen LogP contribution in [-0.2, 0) is 6.54 Å². The molecule has 0 heterocycles. The second-order valence-corrected chi connectivity index (χ2v) is 5.16. The van der Waals surface area contributed by atoms with Crippen LogP contribution in [-0.4, -0.2) is 17.3 Å². The van der Waals surface area contributed by atoms with Gasteiger partial charge in [0.2, 0.25) is 0 Å². The lowest BCUT2D eigenvalue weighted by molar-refractivity contribution is 0.476. The molecule has 2 N–H and O–H groups in total. The molecule has 0 saturated carbocycles. The molecule has 0 unspecified atom stereocenters. The molecule has 0 saturated heterocycles. The van der Waals surface area contributed by atoms with Crippen LogP contribution < -0.4 is 10.2 Å². The number of aromatic hydroxyl groups is 1. The number of halogens is 1. The molecule has 2 rings (SSSR count). The smallest absolute Gasteiger partial charge is 0.173 e. The molecule has 0 bridgehead atoms. The molecule has 104 valence electrons. The van der Waals surface area contributed by atoms with Crippen molar-refractivity contribution in [3.63, 3.8) is 0 Å². The molecule has 2 aromatic carbocycles. The van der Waals surface area contributed by atoms with Crippen LogP contribution in [0.5, 0.6) is 5.75 Å². The van der Waals surface area contributed by atoms with Crippen molar-refractivity contribution in [2.45, 2.75) is 6.54 Å². The van der Waals surface area contributed by atoms with Gasteiger partial charge in [0, 0.05) is 18.6 Å². The van der Waals surface area contributed by atoms with Gasteiger partial charge < -0.3 is 15.3 Å². The second kappa shape index (κ2) is 6.59. The minimum absolute atomic E-state index is 0.140. The van der Waals surface area contributed by atoms with Crippen LogP contribution in [0, 0.1) is 0 Å². The summed E-state index contributed by atoms with van der Waals surface area (Å²) in [5.41, 5.74) is 1.71. The molecule has 3 nitrogen and oxygen atoms in total. The van der Waals surface area contributed by atoms with Crippen molar-refractivity contribution in [2.75, 3.05) is 11.9 Å². The van der Waals surface area contributed by atoms with Gasteiger partial charge in [-0.05, 0) is 36.0 Å². The fourth-order valence-electron chi connectivity index (χ4n) is 1.77. The minimum Gasteiger partial charge on any atom is -0.506 e. The Balaban J connectivity index is 2.03. The van der Waals surface area contributed by atoms with Crippen LogP contribution in [0.25, 0.3) is 0 Å². The third-order valence-corrected chi connectivity index (χ3v) is 3.54. The van der Waals surface area contributed by atoms with E-state index in [1.807, 2.05) is 30.3 Å². The van der Waals surface area contributed by atoms with Crippen molar-refractivity contribution < 1.29 is 5.11 Å². The first-order valence-electron chi connectivity index (χ1n) is 6.12. The standard InChI is InChI=1S/C15H15ClN2OS/c1-18(13-9-12(16)7-8-14(13)19)15(20)17-10-11-5-3-2-4-6-11/h2-9,19H,10H2,1H3,(H,17,20). The highest BCUT2D eigenvalue weighted by Crippen LogP contribution is 2.29. The number of hydrogen-bond donors (Lipinski definition) is 2. The van der Waals surface area contributed by atoms with Gasteiger partial charge in [-0.3, -0.25) is 0 Å². The maximum Gasteiger partial charge on any atom is 0.173 e. The Labute approximate surface area is 128 Å². The summed E-state index contributed by atoms with van der Waals surface area (Å²) in [5, 5.41) is 14.1. The van der Waals surface area contributed by atoms with E-state index in [1.165, 1.54) is 0 Å². The van der Waals surface area contributed by atoms with Crippen molar-refractivity contribution in [3.05, 3.63) is 59.1 Å². The predicted octanol–water partition coefficient (Wildman–Crippen LogP) is 3.56. The third kappa shape index (κ3) is 3.62. The summed E-state index contributed by atoms with van der Waals surface area (Å²) in [4.78, 5) is 1.69. The van der Waals surface area contributed by atoms with E-state index in [0.717, 1.165) is 5.56 Å². The van der Waals surface area contributed by atoms with Gasteiger partial charge in [-0.15, -0.1) is 0 Å². The molecule has 20 heavy (non-hydrogen) atoms. The number of thiocarbonyl (C=S) groups is 1. The predicted molar refractivity (Wildman–Crippen MR) is 87.4 cm³/mol. The van der Waals surface area contributed by atoms with E-state index in [2.05, 4.69) is 5.32 Å². The molecule has 0 atom stereocenters. The number of anilines is 1. The Morgan fingerprint density at radius 2 is 1.95 bits per heavy atom. The summed E-state index contributed by atoms with van der Waals surface area (Å²) >= 11 is 11.3. The monoisotopic (exact) mass is 306 g/mol. The van der Waals surface area contributed by atoms with Crippen LogP contribution in [0.15, 0.2) is 48.5 Å². The molecule has 0 radical (unpaired) electrons. The maximum atomic E-state index is 9.85. The topological polar surface area (TPSA) is 35.5 Å². The average Bonchev–Trinajstić information content (AvgIpc) is 2.47. The lowest BCUT2D eigenvalue weighted by Crippen LogP contribution is -2.36. The van der Waals surface area contributed by atoms with Gasteiger partial charge in [-0.25, -0.2) is 0 Å². The number of benzene rings is 2. The molecule has 0 aliphatic carbocycles. The van der Waals surface area contributed by atoms with Gasteiger partial charge in [0.15, 0.2) is 5.11 Å². The summed E-state index contributed by atoms with van der Waals surface area (Å²) in [6.45, 7) is 0.630. The Morgan fingerprint density at radius 3 is 2.65 bits per heavy atom. The zero-order valence-corrected chi connectivity index (χ0v) is 12.6. The minimum atomic E-state index is 0.140. The van der Waals surface area contributed by atoms with Crippen molar-refractivity contribution in [1.29, 1.82) is 0 Å². The van der Waals surface area contributed by atoms with E-state index in [4.69, 9.17) is 23.8 Å². The fraction of sp³-hybridized carbons (Fsp3) is 0.133. The van der Waals surface area contributed by atoms with E-state index in [-0.39, 0.29) is 5.75 Å². The normalized spacial score (nSPS) is 10.1. The number of hydrogen-bond acceptors (Lipinski definition) is 2. The van der Waals surface area contributed by atoms with Crippen LogP contribution in [0.1, 0.15) is 5.56 Å². The highest BCUT2D eigenvalue weighted by atomic mass is 35.5. The second-order valence-electron chi connectivity index (χ2n) is 4.34. The third-order valence-electron chi connectivity index (χ3n) is 2.89. The van der Waals surface area contributed by atoms with Crippen molar-refractivity contribution in [2.24, 2.45) is 0 Å². The molecule has 0 amide bonds. The van der Waals surface area contributed by atoms with Gasteiger partial charge in [0.1, 0.15) is 5.75 Å². The molecule has 0 spiro atoms. The molecule has 0 aliphatic rings. The molecule has 0 fully saturated rings. The molecule has 5 heteroatoms. The average molecular weight is 307 g/mol. The fourth-order valence-corrected chi connectivity index (χ4v) is 2.10. The number of nitrogens with zero attached hydrogens (tertiary/aromatic N) is 1. The summed E-state index contributed by atoms with van der Waals surface area (Å²) in [6, 6.07) is 14.8. The van der Waals surface area contributed by atoms with Crippen LogP contribution >= 0.6 is 23.8 Å². The number of phenols is 1. The summed E-state index contributed by atoms with van der Waals surface area (Å²) < 4.78 is 0. The lowest BCUT2D eigenvalue weighted by atomic mass is 10.2. The lowest BCUT2D eigenvalue weighted by Gasteiger charge is -2.22.